The third-order valence-electron chi connectivity index (χ3n) is 6.30. The number of aliphatic hydroxyl groups is 1. The minimum atomic E-state index is -0.785. The third kappa shape index (κ3) is 3.42. The number of hydrogen-bond acceptors (Lipinski definition) is 4. The highest BCUT2D eigenvalue weighted by atomic mass is 16.5. The van der Waals surface area contributed by atoms with Gasteiger partial charge in [0.25, 0.3) is 11.7 Å². The summed E-state index contributed by atoms with van der Waals surface area (Å²) in [4.78, 5) is 28.3. The number of rotatable bonds is 4. The van der Waals surface area contributed by atoms with Crippen molar-refractivity contribution in [3.63, 3.8) is 0 Å². The maximum atomic E-state index is 13.4. The summed E-state index contributed by atoms with van der Waals surface area (Å²) < 4.78 is 5.35. The van der Waals surface area contributed by atoms with Gasteiger partial charge in [-0.3, -0.25) is 14.5 Å². The first-order valence-corrected chi connectivity index (χ1v) is 11.0. The number of carbonyl (C=O) groups is 2. The Bertz CT molecular complexity index is 1460. The number of ether oxygens (including phenoxy) is 1. The van der Waals surface area contributed by atoms with E-state index in [0.717, 1.165) is 21.9 Å². The number of fused-ring (bicyclic) bond motifs is 1. The lowest BCUT2D eigenvalue weighted by atomic mass is 9.91. The van der Waals surface area contributed by atoms with Crippen molar-refractivity contribution in [3.05, 3.63) is 113 Å². The molecular formula is C29H23NO4. The van der Waals surface area contributed by atoms with Crippen LogP contribution in [0.5, 0.6) is 5.75 Å². The zero-order chi connectivity index (χ0) is 23.8. The van der Waals surface area contributed by atoms with Gasteiger partial charge in [-0.05, 0) is 41.0 Å². The minimum Gasteiger partial charge on any atom is -0.507 e. The molecular weight excluding hydrogens is 426 g/mol. The second-order valence-electron chi connectivity index (χ2n) is 8.25. The molecule has 0 aromatic heterocycles. The summed E-state index contributed by atoms with van der Waals surface area (Å²) >= 11 is 0. The van der Waals surface area contributed by atoms with Crippen LogP contribution in [0.1, 0.15) is 22.7 Å². The van der Waals surface area contributed by atoms with Crippen LogP contribution < -0.4 is 9.64 Å². The number of methoxy groups -OCH3 is 1. The van der Waals surface area contributed by atoms with Crippen LogP contribution in [0, 0.1) is 6.92 Å². The van der Waals surface area contributed by atoms with Gasteiger partial charge in [-0.15, -0.1) is 0 Å². The highest BCUT2D eigenvalue weighted by Gasteiger charge is 2.47. The molecule has 1 amide bonds. The molecule has 0 bridgehead atoms. The van der Waals surface area contributed by atoms with Gasteiger partial charge in [0, 0.05) is 17.3 Å². The summed E-state index contributed by atoms with van der Waals surface area (Å²) in [6.45, 7) is 1.93. The van der Waals surface area contributed by atoms with Crippen LogP contribution in [-0.4, -0.2) is 23.9 Å². The Labute approximate surface area is 197 Å². The number of aryl methyl sites for hydroxylation is 1. The van der Waals surface area contributed by atoms with Crippen LogP contribution in [0.15, 0.2) is 96.6 Å². The zero-order valence-corrected chi connectivity index (χ0v) is 18.9. The van der Waals surface area contributed by atoms with Gasteiger partial charge in [0.1, 0.15) is 11.5 Å². The Balaban J connectivity index is 1.79. The third-order valence-corrected chi connectivity index (χ3v) is 6.30. The number of aliphatic hydroxyl groups excluding tert-OH is 1. The Morgan fingerprint density at radius 1 is 0.882 bits per heavy atom. The molecule has 1 aliphatic heterocycles. The molecule has 4 aromatic carbocycles. The molecule has 1 heterocycles. The molecule has 1 aliphatic rings. The van der Waals surface area contributed by atoms with Crippen molar-refractivity contribution in [2.45, 2.75) is 13.0 Å². The van der Waals surface area contributed by atoms with Gasteiger partial charge in [-0.1, -0.05) is 72.8 Å². The predicted octanol–water partition coefficient (Wildman–Crippen LogP) is 5.78. The second kappa shape index (κ2) is 8.52. The molecule has 4 aromatic rings. The molecule has 34 heavy (non-hydrogen) atoms. The van der Waals surface area contributed by atoms with Crippen LogP contribution >= 0.6 is 0 Å². The van der Waals surface area contributed by atoms with Crippen LogP contribution in [0.2, 0.25) is 0 Å². The maximum absolute atomic E-state index is 13.4. The van der Waals surface area contributed by atoms with Crippen molar-refractivity contribution in [2.24, 2.45) is 0 Å². The Morgan fingerprint density at radius 3 is 2.38 bits per heavy atom. The normalized spacial score (nSPS) is 17.4. The molecule has 0 radical (unpaired) electrons. The van der Waals surface area contributed by atoms with Crippen molar-refractivity contribution in [1.82, 2.24) is 0 Å². The van der Waals surface area contributed by atoms with Crippen LogP contribution in [0.25, 0.3) is 16.5 Å². The monoisotopic (exact) mass is 449 g/mol. The fourth-order valence-corrected chi connectivity index (χ4v) is 4.62. The zero-order valence-electron chi connectivity index (χ0n) is 18.9. The van der Waals surface area contributed by atoms with E-state index in [1.54, 1.807) is 37.4 Å². The summed E-state index contributed by atoms with van der Waals surface area (Å²) in [7, 11) is 1.55. The molecule has 0 spiro atoms. The quantitative estimate of drug-likeness (QED) is 0.244. The molecule has 168 valence electrons. The van der Waals surface area contributed by atoms with Gasteiger partial charge in [-0.25, -0.2) is 0 Å². The van der Waals surface area contributed by atoms with Crippen LogP contribution in [0.4, 0.5) is 5.69 Å². The van der Waals surface area contributed by atoms with Gasteiger partial charge >= 0.3 is 0 Å². The lowest BCUT2D eigenvalue weighted by molar-refractivity contribution is -0.132. The molecule has 0 aliphatic carbocycles. The standard InChI is InChI=1S/C29H23NO4/c1-18-9-3-5-14-22(18)26-25(27(31)24-16-7-11-19-10-4-6-15-23(19)24)28(32)29(33)30(26)20-12-8-13-21(17-20)34-2/h3-17,26,31H,1-2H3/b27-25+. The summed E-state index contributed by atoms with van der Waals surface area (Å²) in [5.74, 6) is -1.03. The van der Waals surface area contributed by atoms with Gasteiger partial charge < -0.3 is 9.84 Å². The Morgan fingerprint density at radius 2 is 1.59 bits per heavy atom. The summed E-state index contributed by atoms with van der Waals surface area (Å²) in [5.41, 5.74) is 2.78. The molecule has 1 atom stereocenters. The average Bonchev–Trinajstić information content (AvgIpc) is 3.13. The number of nitrogens with zero attached hydrogens (tertiary/aromatic N) is 1. The number of amides is 1. The Kier molecular flexibility index (Phi) is 5.38. The lowest BCUT2D eigenvalue weighted by Gasteiger charge is -2.27. The highest BCUT2D eigenvalue weighted by molar-refractivity contribution is 6.51. The van der Waals surface area contributed by atoms with Crippen molar-refractivity contribution in [1.29, 1.82) is 0 Å². The number of Topliss-reactive ketones (excluding diaryl/α,β-unsaturated/α-hetero) is 1. The van der Waals surface area contributed by atoms with E-state index in [2.05, 4.69) is 0 Å². The molecule has 1 N–H and O–H groups in total. The average molecular weight is 450 g/mol. The van der Waals surface area contributed by atoms with Crippen molar-refractivity contribution < 1.29 is 19.4 Å². The molecule has 5 heteroatoms. The largest absolute Gasteiger partial charge is 0.507 e. The number of carbonyl (C=O) groups excluding carboxylic acids is 2. The smallest absolute Gasteiger partial charge is 0.300 e. The molecule has 5 rings (SSSR count). The lowest BCUT2D eigenvalue weighted by Crippen LogP contribution is -2.29. The van der Waals surface area contributed by atoms with E-state index in [-0.39, 0.29) is 11.3 Å². The topological polar surface area (TPSA) is 66.8 Å². The minimum absolute atomic E-state index is 0.0680. The fraction of sp³-hybridized carbons (Fsp3) is 0.103. The van der Waals surface area contributed by atoms with E-state index in [1.165, 1.54) is 4.90 Å². The van der Waals surface area contributed by atoms with E-state index in [0.29, 0.717) is 17.0 Å². The van der Waals surface area contributed by atoms with E-state index in [1.807, 2.05) is 67.6 Å². The van der Waals surface area contributed by atoms with Gasteiger partial charge in [0.2, 0.25) is 0 Å². The van der Waals surface area contributed by atoms with Gasteiger partial charge in [0.05, 0.1) is 18.7 Å². The number of benzene rings is 4. The molecule has 1 saturated heterocycles. The van der Waals surface area contributed by atoms with Crippen molar-refractivity contribution in [2.75, 3.05) is 12.0 Å². The number of ketones is 1. The first kappa shape index (κ1) is 21.5. The summed E-state index contributed by atoms with van der Waals surface area (Å²) in [6, 6.07) is 27.0. The Hall–Kier alpha value is -4.38. The number of hydrogen-bond donors (Lipinski definition) is 1. The van der Waals surface area contributed by atoms with E-state index < -0.39 is 17.7 Å². The SMILES string of the molecule is COc1cccc(N2C(=O)C(=O)/C(=C(/O)c3cccc4ccccc34)C2c2ccccc2C)c1. The maximum Gasteiger partial charge on any atom is 0.300 e. The van der Waals surface area contributed by atoms with Gasteiger partial charge in [-0.2, -0.15) is 0 Å². The molecule has 1 fully saturated rings. The molecule has 1 unspecified atom stereocenters. The van der Waals surface area contributed by atoms with E-state index >= 15 is 0 Å². The number of anilines is 1. The summed E-state index contributed by atoms with van der Waals surface area (Å²) in [6.07, 6.45) is 0. The molecule has 5 nitrogen and oxygen atoms in total. The van der Waals surface area contributed by atoms with E-state index in [9.17, 15) is 14.7 Å². The fourth-order valence-electron chi connectivity index (χ4n) is 4.62. The van der Waals surface area contributed by atoms with Crippen LogP contribution in [0.3, 0.4) is 0 Å². The highest BCUT2D eigenvalue weighted by Crippen LogP contribution is 2.44. The first-order chi connectivity index (χ1) is 16.5. The first-order valence-electron chi connectivity index (χ1n) is 11.0. The second-order valence-corrected chi connectivity index (χ2v) is 8.25. The van der Waals surface area contributed by atoms with Crippen molar-refractivity contribution in [3.8, 4) is 5.75 Å². The van der Waals surface area contributed by atoms with Crippen LogP contribution in [-0.2, 0) is 9.59 Å². The van der Waals surface area contributed by atoms with Gasteiger partial charge in [0.15, 0.2) is 0 Å². The molecule has 0 saturated carbocycles. The van der Waals surface area contributed by atoms with E-state index in [4.69, 9.17) is 4.74 Å². The van der Waals surface area contributed by atoms with Crippen molar-refractivity contribution >= 4 is 33.9 Å². The summed E-state index contributed by atoms with van der Waals surface area (Å²) in [5, 5.41) is 13.3. The predicted molar refractivity (Wildman–Crippen MR) is 133 cm³/mol.